The maximum absolute atomic E-state index is 13.2. The first kappa shape index (κ1) is 24.1. The standard InChI is InChI=1S/C27H28FNO4S/c1-20(22-8-3-2-4-9-22)33-24-10-5-7-21(19-24)12-17-27(30)26-11-6-18-29(26)34(31,32)25-15-13-23(28)14-16-25/h2-5,7-10,13-16,19-20,26H,6,11-12,17-18H2,1H3/t20-,26-/m0/s1. The number of hydrogen-bond donors (Lipinski definition) is 0. The van der Waals surface area contributed by atoms with Crippen LogP contribution < -0.4 is 4.74 Å². The third-order valence-corrected chi connectivity index (χ3v) is 8.06. The lowest BCUT2D eigenvalue weighted by atomic mass is 10.0. The van der Waals surface area contributed by atoms with Crippen LogP contribution in [-0.2, 0) is 21.2 Å². The molecule has 2 atom stereocenters. The number of halogens is 1. The Hall–Kier alpha value is -3.03. The summed E-state index contributed by atoms with van der Waals surface area (Å²) in [5.74, 6) is 0.118. The highest BCUT2D eigenvalue weighted by atomic mass is 32.2. The number of Topliss-reactive ketones (excluding diaryl/α,β-unsaturated/α-hetero) is 1. The number of rotatable bonds is 9. The summed E-state index contributed by atoms with van der Waals surface area (Å²) in [6, 6.07) is 21.6. The smallest absolute Gasteiger partial charge is 0.243 e. The van der Waals surface area contributed by atoms with E-state index < -0.39 is 21.9 Å². The van der Waals surface area contributed by atoms with E-state index in [1.165, 1.54) is 16.4 Å². The van der Waals surface area contributed by atoms with Gasteiger partial charge in [0.1, 0.15) is 17.7 Å². The van der Waals surface area contributed by atoms with Crippen molar-refractivity contribution < 1.29 is 22.3 Å². The van der Waals surface area contributed by atoms with Crippen LogP contribution in [0.5, 0.6) is 5.75 Å². The summed E-state index contributed by atoms with van der Waals surface area (Å²) in [6.07, 6.45) is 1.74. The number of aryl methyl sites for hydroxylation is 1. The number of carbonyl (C=O) groups is 1. The second kappa shape index (κ2) is 10.5. The predicted octanol–water partition coefficient (Wildman–Crippen LogP) is 5.32. The van der Waals surface area contributed by atoms with E-state index in [1.54, 1.807) is 0 Å². The Balaban J connectivity index is 1.39. The zero-order valence-corrected chi connectivity index (χ0v) is 19.9. The first-order chi connectivity index (χ1) is 16.3. The summed E-state index contributed by atoms with van der Waals surface area (Å²) < 4.78 is 46.6. The molecule has 1 aliphatic heterocycles. The zero-order chi connectivity index (χ0) is 24.1. The highest BCUT2D eigenvalue weighted by Crippen LogP contribution is 2.28. The molecular weight excluding hydrogens is 453 g/mol. The minimum absolute atomic E-state index is 0.00554. The van der Waals surface area contributed by atoms with Crippen LogP contribution >= 0.6 is 0 Å². The summed E-state index contributed by atoms with van der Waals surface area (Å²) in [4.78, 5) is 13.0. The van der Waals surface area contributed by atoms with Gasteiger partial charge in [0.05, 0.1) is 10.9 Å². The van der Waals surface area contributed by atoms with Gasteiger partial charge in [-0.15, -0.1) is 0 Å². The third-order valence-electron chi connectivity index (χ3n) is 6.14. The molecule has 3 aromatic rings. The van der Waals surface area contributed by atoms with Gasteiger partial charge in [0.2, 0.25) is 10.0 Å². The minimum atomic E-state index is -3.85. The van der Waals surface area contributed by atoms with Crippen molar-refractivity contribution in [2.24, 2.45) is 0 Å². The van der Waals surface area contributed by atoms with Gasteiger partial charge in [0, 0.05) is 13.0 Å². The fourth-order valence-electron chi connectivity index (χ4n) is 4.30. The van der Waals surface area contributed by atoms with Gasteiger partial charge in [-0.1, -0.05) is 42.5 Å². The van der Waals surface area contributed by atoms with Gasteiger partial charge < -0.3 is 4.74 Å². The zero-order valence-electron chi connectivity index (χ0n) is 19.1. The minimum Gasteiger partial charge on any atom is -0.486 e. The van der Waals surface area contributed by atoms with E-state index in [0.717, 1.165) is 29.0 Å². The first-order valence-electron chi connectivity index (χ1n) is 11.5. The fourth-order valence-corrected chi connectivity index (χ4v) is 5.97. The van der Waals surface area contributed by atoms with Crippen molar-refractivity contribution in [1.82, 2.24) is 4.31 Å². The number of ketones is 1. The lowest BCUT2D eigenvalue weighted by Crippen LogP contribution is -2.40. The Morgan fingerprint density at radius 2 is 1.79 bits per heavy atom. The third kappa shape index (κ3) is 5.54. The van der Waals surface area contributed by atoms with Gasteiger partial charge >= 0.3 is 0 Å². The summed E-state index contributed by atoms with van der Waals surface area (Å²) in [7, 11) is -3.85. The number of ether oxygens (including phenoxy) is 1. The SMILES string of the molecule is C[C@H](Oc1cccc(CCC(=O)[C@@H]2CCCN2S(=O)(=O)c2ccc(F)cc2)c1)c1ccccc1. The van der Waals surface area contributed by atoms with Gasteiger partial charge in [-0.05, 0) is 73.7 Å². The number of benzene rings is 3. The molecule has 0 bridgehead atoms. The monoisotopic (exact) mass is 481 g/mol. The van der Waals surface area contributed by atoms with Gasteiger partial charge in [-0.25, -0.2) is 12.8 Å². The van der Waals surface area contributed by atoms with E-state index in [9.17, 15) is 17.6 Å². The Morgan fingerprint density at radius 3 is 2.53 bits per heavy atom. The maximum Gasteiger partial charge on any atom is 0.243 e. The van der Waals surface area contributed by atoms with Crippen LogP contribution in [0.15, 0.2) is 83.8 Å². The first-order valence-corrected chi connectivity index (χ1v) is 12.9. The fraction of sp³-hybridized carbons (Fsp3) is 0.296. The average molecular weight is 482 g/mol. The van der Waals surface area contributed by atoms with Crippen LogP contribution in [0.25, 0.3) is 0 Å². The normalized spacial score (nSPS) is 17.4. The van der Waals surface area contributed by atoms with Gasteiger partial charge in [0.15, 0.2) is 5.78 Å². The molecule has 0 aliphatic carbocycles. The summed E-state index contributed by atoms with van der Waals surface area (Å²) in [5.41, 5.74) is 2.03. The van der Waals surface area contributed by atoms with Crippen LogP contribution in [0.4, 0.5) is 4.39 Å². The van der Waals surface area contributed by atoms with Crippen LogP contribution in [0.2, 0.25) is 0 Å². The topological polar surface area (TPSA) is 63.7 Å². The molecule has 7 heteroatoms. The van der Waals surface area contributed by atoms with E-state index in [0.29, 0.717) is 19.3 Å². The van der Waals surface area contributed by atoms with Crippen molar-refractivity contribution in [1.29, 1.82) is 0 Å². The molecule has 3 aromatic carbocycles. The Morgan fingerprint density at radius 1 is 1.06 bits per heavy atom. The van der Waals surface area contributed by atoms with E-state index in [-0.39, 0.29) is 29.7 Å². The predicted molar refractivity (Wildman–Crippen MR) is 129 cm³/mol. The van der Waals surface area contributed by atoms with Gasteiger partial charge in [0.25, 0.3) is 0 Å². The molecule has 34 heavy (non-hydrogen) atoms. The van der Waals surface area contributed by atoms with E-state index in [1.807, 2.05) is 61.5 Å². The highest BCUT2D eigenvalue weighted by molar-refractivity contribution is 7.89. The lowest BCUT2D eigenvalue weighted by molar-refractivity contribution is -0.122. The van der Waals surface area contributed by atoms with E-state index in [4.69, 9.17) is 4.74 Å². The van der Waals surface area contributed by atoms with Crippen LogP contribution in [-0.4, -0.2) is 31.1 Å². The molecule has 4 rings (SSSR count). The average Bonchev–Trinajstić information content (AvgIpc) is 3.35. The number of nitrogens with zero attached hydrogens (tertiary/aromatic N) is 1. The van der Waals surface area contributed by atoms with Crippen LogP contribution in [0, 0.1) is 5.82 Å². The van der Waals surface area contributed by atoms with E-state index >= 15 is 0 Å². The molecule has 1 fully saturated rings. The maximum atomic E-state index is 13.2. The Bertz CT molecular complexity index is 1230. The van der Waals surface area contributed by atoms with Crippen molar-refractivity contribution in [3.8, 4) is 5.75 Å². The molecule has 1 heterocycles. The van der Waals surface area contributed by atoms with Crippen molar-refractivity contribution >= 4 is 15.8 Å². The molecule has 0 saturated carbocycles. The van der Waals surface area contributed by atoms with Gasteiger partial charge in [-0.3, -0.25) is 4.79 Å². The molecule has 5 nitrogen and oxygen atoms in total. The highest BCUT2D eigenvalue weighted by Gasteiger charge is 2.38. The molecule has 0 amide bonds. The second-order valence-corrected chi connectivity index (χ2v) is 10.4. The molecule has 0 radical (unpaired) electrons. The van der Waals surface area contributed by atoms with E-state index in [2.05, 4.69) is 0 Å². The molecular formula is C27H28FNO4S. The summed E-state index contributed by atoms with van der Waals surface area (Å²) in [5, 5.41) is 0. The molecule has 1 aliphatic rings. The molecule has 178 valence electrons. The Labute approximate surface area is 200 Å². The van der Waals surface area contributed by atoms with Crippen molar-refractivity contribution in [2.45, 2.75) is 49.6 Å². The largest absolute Gasteiger partial charge is 0.486 e. The molecule has 1 saturated heterocycles. The molecule has 0 N–H and O–H groups in total. The van der Waals surface area contributed by atoms with Crippen molar-refractivity contribution in [3.63, 3.8) is 0 Å². The van der Waals surface area contributed by atoms with Gasteiger partial charge in [-0.2, -0.15) is 4.31 Å². The molecule has 0 unspecified atom stereocenters. The number of carbonyl (C=O) groups excluding carboxylic acids is 1. The summed E-state index contributed by atoms with van der Waals surface area (Å²) in [6.45, 7) is 2.28. The summed E-state index contributed by atoms with van der Waals surface area (Å²) >= 11 is 0. The quantitative estimate of drug-likeness (QED) is 0.415. The number of hydrogen-bond acceptors (Lipinski definition) is 4. The molecule has 0 aromatic heterocycles. The molecule has 0 spiro atoms. The van der Waals surface area contributed by atoms with Crippen molar-refractivity contribution in [3.05, 3.63) is 95.8 Å². The number of sulfonamides is 1. The second-order valence-electron chi connectivity index (χ2n) is 8.51. The Kier molecular flexibility index (Phi) is 7.44. The van der Waals surface area contributed by atoms with Crippen molar-refractivity contribution in [2.75, 3.05) is 6.54 Å². The van der Waals surface area contributed by atoms with Crippen LogP contribution in [0.3, 0.4) is 0 Å². The van der Waals surface area contributed by atoms with Crippen LogP contribution in [0.1, 0.15) is 43.4 Å². The lowest BCUT2D eigenvalue weighted by Gasteiger charge is -2.23.